The Bertz CT molecular complexity index is 3110. The Hall–Kier alpha value is -8.25. The highest BCUT2D eigenvalue weighted by atomic mass is 15.3. The second-order valence-corrected chi connectivity index (χ2v) is 13.7. The average molecular weight is 751 g/mol. The van der Waals surface area contributed by atoms with Crippen LogP contribution in [0, 0.1) is 0 Å². The van der Waals surface area contributed by atoms with Crippen molar-refractivity contribution in [2.24, 2.45) is 4.99 Å². The number of pyridine rings is 3. The minimum Gasteiger partial charge on any atom is -0.348 e. The first-order valence-electron chi connectivity index (χ1n) is 18.7. The van der Waals surface area contributed by atoms with Crippen LogP contribution in [0.5, 0.6) is 0 Å². The molecular weight excluding hydrogens is 721 g/mol. The minimum absolute atomic E-state index is 0.469. The van der Waals surface area contributed by atoms with Crippen LogP contribution >= 0.6 is 0 Å². The number of nitrogens with zero attached hydrogens (tertiary/aromatic N) is 10. The standard InChI is InChI=1S/C46H30N12/c1-3-12-30-28(10-1)19-26-49-42(30)46-55-43(35-18-17-29-11-2-4-13-31(29)54-35)41-38(33-15-7-25-52-56-33)40(45-50-23-9-24-51-45)37(34-20-27-53-57-34)39(32-14-5-6-21-47-32)44(41)58(46)36-16-8-22-48-36/h1-27,46,48H,(H,53,57). The summed E-state index contributed by atoms with van der Waals surface area (Å²) in [6.07, 6.45) is 11.8. The zero-order valence-corrected chi connectivity index (χ0v) is 30.6. The van der Waals surface area contributed by atoms with E-state index in [0.29, 0.717) is 45.4 Å². The summed E-state index contributed by atoms with van der Waals surface area (Å²) >= 11 is 0. The summed E-state index contributed by atoms with van der Waals surface area (Å²) in [6.45, 7) is 0. The molecule has 11 rings (SSSR count). The molecule has 0 spiro atoms. The number of aromatic nitrogens is 10. The molecule has 1 aliphatic heterocycles. The molecule has 0 aliphatic carbocycles. The highest BCUT2D eigenvalue weighted by Crippen LogP contribution is 2.56. The molecule has 0 saturated heterocycles. The molecule has 274 valence electrons. The van der Waals surface area contributed by atoms with E-state index < -0.39 is 6.17 Å². The Morgan fingerprint density at radius 2 is 1.34 bits per heavy atom. The summed E-state index contributed by atoms with van der Waals surface area (Å²) in [4.78, 5) is 36.8. The van der Waals surface area contributed by atoms with E-state index in [1.165, 1.54) is 0 Å². The van der Waals surface area contributed by atoms with E-state index in [0.717, 1.165) is 55.6 Å². The second kappa shape index (κ2) is 13.8. The van der Waals surface area contributed by atoms with Gasteiger partial charge in [-0.3, -0.25) is 25.0 Å². The van der Waals surface area contributed by atoms with Crippen molar-refractivity contribution >= 4 is 38.9 Å². The summed E-state index contributed by atoms with van der Waals surface area (Å²) < 4.78 is 0. The lowest BCUT2D eigenvalue weighted by molar-refractivity contribution is 0.705. The molecule has 8 heterocycles. The van der Waals surface area contributed by atoms with Crippen LogP contribution in [0.1, 0.15) is 23.1 Å². The first-order valence-corrected chi connectivity index (χ1v) is 18.7. The molecule has 0 fully saturated rings. The van der Waals surface area contributed by atoms with Crippen molar-refractivity contribution in [3.63, 3.8) is 0 Å². The molecule has 1 aliphatic rings. The van der Waals surface area contributed by atoms with Gasteiger partial charge in [-0.1, -0.05) is 54.6 Å². The molecule has 12 heteroatoms. The van der Waals surface area contributed by atoms with Gasteiger partial charge < -0.3 is 4.98 Å². The highest BCUT2D eigenvalue weighted by Gasteiger charge is 2.42. The number of fused-ring (bicyclic) bond motifs is 3. The van der Waals surface area contributed by atoms with Gasteiger partial charge in [0.15, 0.2) is 12.0 Å². The van der Waals surface area contributed by atoms with Gasteiger partial charge in [-0.25, -0.2) is 15.0 Å². The molecule has 2 N–H and O–H groups in total. The van der Waals surface area contributed by atoms with E-state index in [9.17, 15) is 0 Å². The van der Waals surface area contributed by atoms with Gasteiger partial charge in [0.25, 0.3) is 0 Å². The number of hydrogen-bond donors (Lipinski definition) is 2. The number of aliphatic imine (C=N–C) groups is 1. The minimum atomic E-state index is -0.691. The molecule has 0 bridgehead atoms. The molecule has 0 amide bonds. The van der Waals surface area contributed by atoms with Gasteiger partial charge in [0.05, 0.1) is 45.4 Å². The summed E-state index contributed by atoms with van der Waals surface area (Å²) in [5.41, 5.74) is 9.32. The first kappa shape index (κ1) is 33.1. The number of para-hydroxylation sites is 1. The van der Waals surface area contributed by atoms with Crippen LogP contribution < -0.4 is 4.90 Å². The second-order valence-electron chi connectivity index (χ2n) is 13.7. The van der Waals surface area contributed by atoms with Gasteiger partial charge in [0.1, 0.15) is 5.82 Å². The molecular formula is C46H30N12. The van der Waals surface area contributed by atoms with Crippen LogP contribution in [0.25, 0.3) is 66.8 Å². The largest absolute Gasteiger partial charge is 0.348 e. The summed E-state index contributed by atoms with van der Waals surface area (Å²) in [6, 6.07) is 40.0. The van der Waals surface area contributed by atoms with Crippen molar-refractivity contribution in [3.8, 4) is 45.2 Å². The van der Waals surface area contributed by atoms with Crippen LogP contribution in [0.4, 0.5) is 11.5 Å². The quantitative estimate of drug-likeness (QED) is 0.163. The number of H-pyrrole nitrogens is 2. The van der Waals surface area contributed by atoms with Crippen molar-refractivity contribution in [2.75, 3.05) is 4.90 Å². The molecule has 1 unspecified atom stereocenters. The maximum absolute atomic E-state index is 5.77. The topological polar surface area (TPSA) is 150 Å². The van der Waals surface area contributed by atoms with Gasteiger partial charge in [0, 0.05) is 82.0 Å². The van der Waals surface area contributed by atoms with Crippen molar-refractivity contribution in [1.29, 1.82) is 0 Å². The van der Waals surface area contributed by atoms with Crippen molar-refractivity contribution in [3.05, 3.63) is 182 Å². The molecule has 0 radical (unpaired) electrons. The maximum atomic E-state index is 5.77. The van der Waals surface area contributed by atoms with Gasteiger partial charge in [-0.05, 0) is 72.1 Å². The predicted octanol–water partition coefficient (Wildman–Crippen LogP) is 9.17. The normalized spacial score (nSPS) is 13.8. The summed E-state index contributed by atoms with van der Waals surface area (Å²) in [7, 11) is 0. The third kappa shape index (κ3) is 5.42. The van der Waals surface area contributed by atoms with Gasteiger partial charge >= 0.3 is 0 Å². The predicted molar refractivity (Wildman–Crippen MR) is 224 cm³/mol. The van der Waals surface area contributed by atoms with Crippen molar-refractivity contribution < 1.29 is 0 Å². The molecule has 1 atom stereocenters. The fourth-order valence-corrected chi connectivity index (χ4v) is 7.98. The van der Waals surface area contributed by atoms with Crippen LogP contribution in [-0.4, -0.2) is 56.0 Å². The summed E-state index contributed by atoms with van der Waals surface area (Å²) in [5, 5.41) is 20.1. The fourth-order valence-electron chi connectivity index (χ4n) is 7.98. The number of anilines is 2. The van der Waals surface area contributed by atoms with E-state index in [4.69, 9.17) is 40.1 Å². The molecule has 58 heavy (non-hydrogen) atoms. The number of hydrogen-bond acceptors (Lipinski definition) is 10. The van der Waals surface area contributed by atoms with E-state index in [1.54, 1.807) is 30.9 Å². The Morgan fingerprint density at radius 3 is 2.16 bits per heavy atom. The van der Waals surface area contributed by atoms with Crippen molar-refractivity contribution in [1.82, 2.24) is 50.3 Å². The fraction of sp³-hybridized carbons (Fsp3) is 0.0217. The molecule has 3 aromatic carbocycles. The number of benzene rings is 3. The Kier molecular flexibility index (Phi) is 7.88. The van der Waals surface area contributed by atoms with Gasteiger partial charge in [-0.2, -0.15) is 15.3 Å². The Morgan fingerprint density at radius 1 is 0.517 bits per heavy atom. The maximum Gasteiger partial charge on any atom is 0.170 e. The summed E-state index contributed by atoms with van der Waals surface area (Å²) in [5.74, 6) is 1.26. The lowest BCUT2D eigenvalue weighted by atomic mass is 9.80. The average Bonchev–Trinajstić information content (AvgIpc) is 4.04. The highest BCUT2D eigenvalue weighted by molar-refractivity contribution is 6.26. The zero-order valence-electron chi connectivity index (χ0n) is 30.6. The molecule has 7 aromatic heterocycles. The Balaban J connectivity index is 1.40. The number of rotatable bonds is 7. The van der Waals surface area contributed by atoms with E-state index in [1.807, 2.05) is 110 Å². The lowest BCUT2D eigenvalue weighted by Crippen LogP contribution is -2.33. The van der Waals surface area contributed by atoms with Crippen LogP contribution in [0.3, 0.4) is 0 Å². The van der Waals surface area contributed by atoms with E-state index in [-0.39, 0.29) is 0 Å². The smallest absolute Gasteiger partial charge is 0.170 e. The monoisotopic (exact) mass is 750 g/mol. The van der Waals surface area contributed by atoms with Crippen molar-refractivity contribution in [2.45, 2.75) is 6.17 Å². The molecule has 0 saturated carbocycles. The van der Waals surface area contributed by atoms with Crippen LogP contribution in [0.15, 0.2) is 170 Å². The number of aromatic amines is 2. The Labute approximate surface area is 331 Å². The number of nitrogens with one attached hydrogen (secondary N) is 2. The van der Waals surface area contributed by atoms with Crippen LogP contribution in [0.2, 0.25) is 0 Å². The zero-order chi connectivity index (χ0) is 38.4. The lowest BCUT2D eigenvalue weighted by Gasteiger charge is -2.39. The SMILES string of the molecule is c1ccc(-c2c(-c3cc[nH]n3)c(-c3ncccn3)c(-c3cccnn3)c3c2N(c2ccc[nH]2)C(c2nccc4ccccc24)N=C3c2ccc3ccccc3n2)nc1. The van der Waals surface area contributed by atoms with E-state index in [2.05, 4.69) is 44.3 Å². The third-order valence-electron chi connectivity index (χ3n) is 10.4. The molecule has 12 nitrogen and oxygen atoms in total. The first-order chi connectivity index (χ1) is 28.8. The van der Waals surface area contributed by atoms with Gasteiger partial charge in [-0.15, -0.1) is 0 Å². The van der Waals surface area contributed by atoms with Crippen LogP contribution in [-0.2, 0) is 0 Å². The molecule has 10 aromatic rings. The van der Waals surface area contributed by atoms with E-state index >= 15 is 0 Å². The van der Waals surface area contributed by atoms with Gasteiger partial charge in [0.2, 0.25) is 0 Å². The third-order valence-corrected chi connectivity index (χ3v) is 10.4.